The molecule has 6 heteroatoms. The number of hydrogen-bond donors (Lipinski definition) is 1. The lowest BCUT2D eigenvalue weighted by molar-refractivity contribution is -0.142. The molecular formula is C11H21NO4S. The Morgan fingerprint density at radius 3 is 2.35 bits per heavy atom. The number of carbonyl (C=O) groups excluding carboxylic acids is 1. The van der Waals surface area contributed by atoms with Gasteiger partial charge in [0.05, 0.1) is 12.9 Å². The summed E-state index contributed by atoms with van der Waals surface area (Å²) in [7, 11) is -1.71. The van der Waals surface area contributed by atoms with E-state index in [1.54, 1.807) is 6.92 Å². The maximum Gasteiger partial charge on any atom is 0.305 e. The van der Waals surface area contributed by atoms with E-state index < -0.39 is 10.0 Å². The van der Waals surface area contributed by atoms with Crippen molar-refractivity contribution in [3.8, 4) is 0 Å². The van der Waals surface area contributed by atoms with Crippen molar-refractivity contribution in [2.75, 3.05) is 12.9 Å². The van der Waals surface area contributed by atoms with Crippen LogP contribution in [-0.4, -0.2) is 33.3 Å². The van der Waals surface area contributed by atoms with E-state index in [1.165, 1.54) is 7.11 Å². The summed E-state index contributed by atoms with van der Waals surface area (Å²) < 4.78 is 30.1. The van der Waals surface area contributed by atoms with Gasteiger partial charge in [0.2, 0.25) is 10.0 Å². The molecule has 0 aliphatic heterocycles. The van der Waals surface area contributed by atoms with Crippen molar-refractivity contribution in [1.29, 1.82) is 0 Å². The van der Waals surface area contributed by atoms with Crippen LogP contribution in [0.25, 0.3) is 0 Å². The summed E-state index contributed by atoms with van der Waals surface area (Å²) in [6.45, 7) is 1.63. The molecule has 100 valence electrons. The maximum absolute atomic E-state index is 11.4. The Kier molecular flexibility index (Phi) is 5.39. The molecule has 0 aromatic carbocycles. The van der Waals surface area contributed by atoms with E-state index in [1.807, 2.05) is 0 Å². The highest BCUT2D eigenvalue weighted by Crippen LogP contribution is 2.27. The number of rotatable bonds is 5. The van der Waals surface area contributed by atoms with Gasteiger partial charge >= 0.3 is 5.97 Å². The van der Waals surface area contributed by atoms with Crippen LogP contribution < -0.4 is 4.72 Å². The van der Waals surface area contributed by atoms with Crippen molar-refractivity contribution < 1.29 is 17.9 Å². The SMILES string of the molecule is CCS(=O)(=O)NC1CCC(CC(=O)OC)CC1. The van der Waals surface area contributed by atoms with Crippen LogP contribution >= 0.6 is 0 Å². The minimum atomic E-state index is -3.11. The van der Waals surface area contributed by atoms with E-state index in [-0.39, 0.29) is 17.8 Å². The molecule has 1 aliphatic rings. The maximum atomic E-state index is 11.4. The number of methoxy groups -OCH3 is 1. The quantitative estimate of drug-likeness (QED) is 0.752. The average molecular weight is 263 g/mol. The van der Waals surface area contributed by atoms with Gasteiger partial charge in [-0.15, -0.1) is 0 Å². The molecule has 1 rings (SSSR count). The number of carbonyl (C=O) groups is 1. The molecule has 1 fully saturated rings. The molecule has 1 N–H and O–H groups in total. The summed E-state index contributed by atoms with van der Waals surface area (Å²) in [5, 5.41) is 0. The van der Waals surface area contributed by atoms with Crippen LogP contribution in [0.3, 0.4) is 0 Å². The first-order valence-corrected chi connectivity index (χ1v) is 7.69. The van der Waals surface area contributed by atoms with Gasteiger partial charge in [0, 0.05) is 12.5 Å². The molecule has 1 aliphatic carbocycles. The van der Waals surface area contributed by atoms with Crippen LogP contribution in [-0.2, 0) is 19.6 Å². The van der Waals surface area contributed by atoms with E-state index in [9.17, 15) is 13.2 Å². The number of ether oxygens (including phenoxy) is 1. The Morgan fingerprint density at radius 1 is 1.29 bits per heavy atom. The van der Waals surface area contributed by atoms with E-state index in [4.69, 9.17) is 0 Å². The molecule has 17 heavy (non-hydrogen) atoms. The van der Waals surface area contributed by atoms with Crippen molar-refractivity contribution in [2.45, 2.75) is 45.1 Å². The third-order valence-corrected chi connectivity index (χ3v) is 4.71. The fourth-order valence-corrected chi connectivity index (χ4v) is 3.05. The standard InChI is InChI=1S/C11H21NO4S/c1-3-17(14,15)12-10-6-4-9(5-7-10)8-11(13)16-2/h9-10,12H,3-8H2,1-2H3. The molecular weight excluding hydrogens is 242 g/mol. The van der Waals surface area contributed by atoms with Gasteiger partial charge in [0.15, 0.2) is 0 Å². The van der Waals surface area contributed by atoms with Crippen molar-refractivity contribution in [3.05, 3.63) is 0 Å². The van der Waals surface area contributed by atoms with E-state index in [2.05, 4.69) is 9.46 Å². The molecule has 0 atom stereocenters. The molecule has 5 nitrogen and oxygen atoms in total. The lowest BCUT2D eigenvalue weighted by Gasteiger charge is -2.28. The zero-order chi connectivity index (χ0) is 12.9. The summed E-state index contributed by atoms with van der Waals surface area (Å²) in [6, 6.07) is 0.0360. The van der Waals surface area contributed by atoms with Crippen LogP contribution in [0.4, 0.5) is 0 Å². The highest BCUT2D eigenvalue weighted by molar-refractivity contribution is 7.89. The van der Waals surface area contributed by atoms with Crippen LogP contribution in [0.15, 0.2) is 0 Å². The average Bonchev–Trinajstić information content (AvgIpc) is 2.31. The van der Waals surface area contributed by atoms with Crippen molar-refractivity contribution in [2.24, 2.45) is 5.92 Å². The van der Waals surface area contributed by atoms with Crippen molar-refractivity contribution in [3.63, 3.8) is 0 Å². The number of hydrogen-bond acceptors (Lipinski definition) is 4. The Balaban J connectivity index is 2.33. The van der Waals surface area contributed by atoms with E-state index >= 15 is 0 Å². The Labute approximate surface area is 103 Å². The monoisotopic (exact) mass is 263 g/mol. The summed E-state index contributed by atoms with van der Waals surface area (Å²) in [5.74, 6) is 0.280. The lowest BCUT2D eigenvalue weighted by atomic mass is 9.84. The zero-order valence-corrected chi connectivity index (χ0v) is 11.3. The number of esters is 1. The van der Waals surface area contributed by atoms with Gasteiger partial charge in [0.25, 0.3) is 0 Å². The topological polar surface area (TPSA) is 72.5 Å². The van der Waals surface area contributed by atoms with Gasteiger partial charge in [-0.3, -0.25) is 4.79 Å². The van der Waals surface area contributed by atoms with E-state index in [0.29, 0.717) is 12.3 Å². The Morgan fingerprint density at radius 2 is 1.88 bits per heavy atom. The zero-order valence-electron chi connectivity index (χ0n) is 10.4. The molecule has 0 bridgehead atoms. The second-order valence-corrected chi connectivity index (χ2v) is 6.56. The van der Waals surface area contributed by atoms with Gasteiger partial charge in [-0.05, 0) is 38.5 Å². The van der Waals surface area contributed by atoms with Crippen LogP contribution in [0, 0.1) is 5.92 Å². The van der Waals surface area contributed by atoms with Gasteiger partial charge < -0.3 is 4.74 Å². The first-order valence-electron chi connectivity index (χ1n) is 6.03. The predicted molar refractivity (Wildman–Crippen MR) is 65.0 cm³/mol. The Hall–Kier alpha value is -0.620. The fraction of sp³-hybridized carbons (Fsp3) is 0.909. The van der Waals surface area contributed by atoms with Gasteiger partial charge in [-0.2, -0.15) is 0 Å². The molecule has 0 aromatic heterocycles. The van der Waals surface area contributed by atoms with Crippen LogP contribution in [0.1, 0.15) is 39.0 Å². The molecule has 0 aromatic rings. The minimum absolute atomic E-state index is 0.0360. The molecule has 0 unspecified atom stereocenters. The second-order valence-electron chi connectivity index (χ2n) is 4.52. The molecule has 0 saturated heterocycles. The normalized spacial score (nSPS) is 25.5. The third-order valence-electron chi connectivity index (χ3n) is 3.26. The summed E-state index contributed by atoms with van der Waals surface area (Å²) in [6.07, 6.45) is 3.82. The third kappa shape index (κ3) is 5.04. The second kappa shape index (κ2) is 6.35. The number of nitrogens with one attached hydrogen (secondary N) is 1. The highest BCUT2D eigenvalue weighted by Gasteiger charge is 2.25. The summed E-state index contributed by atoms with van der Waals surface area (Å²) in [4.78, 5) is 11.1. The largest absolute Gasteiger partial charge is 0.469 e. The number of sulfonamides is 1. The van der Waals surface area contributed by atoms with Gasteiger partial charge in [-0.25, -0.2) is 13.1 Å². The summed E-state index contributed by atoms with van der Waals surface area (Å²) >= 11 is 0. The molecule has 0 amide bonds. The smallest absolute Gasteiger partial charge is 0.305 e. The summed E-state index contributed by atoms with van der Waals surface area (Å²) in [5.41, 5.74) is 0. The van der Waals surface area contributed by atoms with E-state index in [0.717, 1.165) is 25.7 Å². The lowest BCUT2D eigenvalue weighted by Crippen LogP contribution is -2.38. The van der Waals surface area contributed by atoms with Gasteiger partial charge in [-0.1, -0.05) is 0 Å². The highest BCUT2D eigenvalue weighted by atomic mass is 32.2. The molecule has 0 spiro atoms. The van der Waals surface area contributed by atoms with Crippen molar-refractivity contribution in [1.82, 2.24) is 4.72 Å². The van der Waals surface area contributed by atoms with Gasteiger partial charge in [0.1, 0.15) is 0 Å². The van der Waals surface area contributed by atoms with Crippen molar-refractivity contribution >= 4 is 16.0 Å². The first kappa shape index (κ1) is 14.4. The van der Waals surface area contributed by atoms with Crippen LogP contribution in [0.5, 0.6) is 0 Å². The predicted octanol–water partition coefficient (Wildman–Crippen LogP) is 1.05. The molecule has 1 saturated carbocycles. The minimum Gasteiger partial charge on any atom is -0.469 e. The molecule has 0 radical (unpaired) electrons. The Bertz CT molecular complexity index is 344. The fourth-order valence-electron chi connectivity index (χ4n) is 2.14. The first-order chi connectivity index (χ1) is 7.96. The molecule has 0 heterocycles. The van der Waals surface area contributed by atoms with Crippen LogP contribution in [0.2, 0.25) is 0 Å².